The Bertz CT molecular complexity index is 819. The maximum Gasteiger partial charge on any atom is 0.389 e. The van der Waals surface area contributed by atoms with Gasteiger partial charge in [0.1, 0.15) is 0 Å². The van der Waals surface area contributed by atoms with Crippen molar-refractivity contribution >= 4 is 17.6 Å². The summed E-state index contributed by atoms with van der Waals surface area (Å²) in [7, 11) is 1.86. The standard InChI is InChI=1S/C26H39ClF3N3O2/c1-31-17-23(15-19-7-3-2-4-8-19)32-24(34)33-14-6-10-21(18-33)25(35,12-13-26(28,29)30)20-9-5-11-22(27)16-20/h5,9,11,16,19,21,23,31,35H,2-4,6-8,10,12-15,17-18H2,1H3,(H,32,34)/t21-,23+,25-/m1/s1. The van der Waals surface area contributed by atoms with E-state index in [-0.39, 0.29) is 18.6 Å². The Kier molecular flexibility index (Phi) is 10.1. The van der Waals surface area contributed by atoms with Crippen LogP contribution in [0.4, 0.5) is 18.0 Å². The number of nitrogens with one attached hydrogen (secondary N) is 2. The van der Waals surface area contributed by atoms with Crippen molar-refractivity contribution in [1.82, 2.24) is 15.5 Å². The first-order valence-electron chi connectivity index (χ1n) is 12.9. The van der Waals surface area contributed by atoms with Crippen LogP contribution >= 0.6 is 11.6 Å². The van der Waals surface area contributed by atoms with Crippen LogP contribution in [0.1, 0.15) is 69.8 Å². The number of likely N-dealkylation sites (tertiary alicyclic amines) is 1. The normalized spacial score (nSPS) is 22.5. The number of alkyl halides is 3. The summed E-state index contributed by atoms with van der Waals surface area (Å²) in [4.78, 5) is 14.9. The first-order chi connectivity index (χ1) is 16.6. The predicted octanol–water partition coefficient (Wildman–Crippen LogP) is 5.85. The lowest BCUT2D eigenvalue weighted by atomic mass is 9.74. The van der Waals surface area contributed by atoms with Crippen LogP contribution in [0.3, 0.4) is 0 Å². The first kappa shape index (κ1) is 28.1. The van der Waals surface area contributed by atoms with Crippen molar-refractivity contribution in [2.75, 3.05) is 26.7 Å². The summed E-state index contributed by atoms with van der Waals surface area (Å²) in [6.07, 6.45) is 2.22. The van der Waals surface area contributed by atoms with E-state index in [4.69, 9.17) is 11.6 Å². The van der Waals surface area contributed by atoms with Gasteiger partial charge in [0.25, 0.3) is 0 Å². The molecule has 3 atom stereocenters. The van der Waals surface area contributed by atoms with Crippen molar-refractivity contribution in [3.05, 3.63) is 34.9 Å². The molecule has 2 amide bonds. The molecule has 0 aromatic heterocycles. The molecule has 0 radical (unpaired) electrons. The van der Waals surface area contributed by atoms with Gasteiger partial charge in [0.05, 0.1) is 5.60 Å². The van der Waals surface area contributed by atoms with Crippen molar-refractivity contribution in [2.45, 2.75) is 82.0 Å². The van der Waals surface area contributed by atoms with Crippen LogP contribution in [-0.2, 0) is 5.60 Å². The van der Waals surface area contributed by atoms with E-state index >= 15 is 0 Å². The van der Waals surface area contributed by atoms with Crippen molar-refractivity contribution < 1.29 is 23.1 Å². The Morgan fingerprint density at radius 3 is 2.57 bits per heavy atom. The number of urea groups is 1. The smallest absolute Gasteiger partial charge is 0.385 e. The number of piperidine rings is 1. The fraction of sp³-hybridized carbons (Fsp3) is 0.731. The molecule has 0 unspecified atom stereocenters. The SMILES string of the molecule is CNC[C@H](CC1CCCCC1)NC(=O)N1CCC[C@@H]([C@@](O)(CCC(F)(F)F)c2cccc(Cl)c2)C1. The van der Waals surface area contributed by atoms with Crippen molar-refractivity contribution in [3.8, 4) is 0 Å². The molecule has 35 heavy (non-hydrogen) atoms. The summed E-state index contributed by atoms with van der Waals surface area (Å²) >= 11 is 6.11. The largest absolute Gasteiger partial charge is 0.389 e. The second kappa shape index (κ2) is 12.6. The van der Waals surface area contributed by atoms with E-state index in [9.17, 15) is 23.1 Å². The number of aliphatic hydroxyl groups is 1. The van der Waals surface area contributed by atoms with Crippen LogP contribution in [0.5, 0.6) is 0 Å². The molecule has 2 aliphatic rings. The van der Waals surface area contributed by atoms with Gasteiger partial charge in [0, 0.05) is 43.0 Å². The fourth-order valence-electron chi connectivity index (χ4n) is 5.76. The highest BCUT2D eigenvalue weighted by molar-refractivity contribution is 6.30. The summed E-state index contributed by atoms with van der Waals surface area (Å²) < 4.78 is 39.4. The Morgan fingerprint density at radius 1 is 1.17 bits per heavy atom. The van der Waals surface area contributed by atoms with Crippen LogP contribution in [0.15, 0.2) is 24.3 Å². The number of nitrogens with zero attached hydrogens (tertiary/aromatic N) is 1. The van der Waals surface area contributed by atoms with Crippen molar-refractivity contribution in [2.24, 2.45) is 11.8 Å². The van der Waals surface area contributed by atoms with Crippen LogP contribution in [0, 0.1) is 11.8 Å². The van der Waals surface area contributed by atoms with Gasteiger partial charge in [-0.15, -0.1) is 0 Å². The third kappa shape index (κ3) is 8.25. The zero-order chi connectivity index (χ0) is 25.5. The van der Waals surface area contributed by atoms with Gasteiger partial charge in [-0.25, -0.2) is 4.79 Å². The second-order valence-corrected chi connectivity index (χ2v) is 10.7. The van der Waals surface area contributed by atoms with Gasteiger partial charge in [-0.3, -0.25) is 0 Å². The summed E-state index contributed by atoms with van der Waals surface area (Å²) in [5.41, 5.74) is -1.36. The van der Waals surface area contributed by atoms with Crippen LogP contribution in [0.25, 0.3) is 0 Å². The molecule has 1 aliphatic carbocycles. The van der Waals surface area contributed by atoms with Gasteiger partial charge in [0.15, 0.2) is 0 Å². The molecule has 3 N–H and O–H groups in total. The molecular formula is C26H39ClF3N3O2. The average molecular weight is 518 g/mol. The summed E-state index contributed by atoms with van der Waals surface area (Å²) in [5, 5.41) is 18.3. The molecule has 3 rings (SSSR count). The van der Waals surface area contributed by atoms with Gasteiger partial charge in [-0.1, -0.05) is 55.8 Å². The van der Waals surface area contributed by atoms with E-state index < -0.39 is 30.5 Å². The van der Waals surface area contributed by atoms with E-state index in [1.807, 2.05) is 7.05 Å². The third-order valence-electron chi connectivity index (χ3n) is 7.62. The molecule has 5 nitrogen and oxygen atoms in total. The number of carbonyl (C=O) groups excluding carboxylic acids is 1. The molecule has 1 heterocycles. The van der Waals surface area contributed by atoms with Crippen LogP contribution < -0.4 is 10.6 Å². The Balaban J connectivity index is 1.71. The number of amides is 2. The van der Waals surface area contributed by atoms with Gasteiger partial charge >= 0.3 is 12.2 Å². The second-order valence-electron chi connectivity index (χ2n) is 10.3. The molecule has 0 spiro atoms. The van der Waals surface area contributed by atoms with Gasteiger partial charge in [-0.2, -0.15) is 13.2 Å². The van der Waals surface area contributed by atoms with Crippen molar-refractivity contribution in [3.63, 3.8) is 0 Å². The predicted molar refractivity (Wildman–Crippen MR) is 132 cm³/mol. The Labute approximate surface area is 211 Å². The lowest BCUT2D eigenvalue weighted by molar-refractivity contribution is -0.155. The van der Waals surface area contributed by atoms with E-state index in [1.54, 1.807) is 23.1 Å². The lowest BCUT2D eigenvalue weighted by Crippen LogP contribution is -2.54. The molecule has 1 aliphatic heterocycles. The molecule has 198 valence electrons. The molecule has 1 aromatic carbocycles. The lowest BCUT2D eigenvalue weighted by Gasteiger charge is -2.43. The topological polar surface area (TPSA) is 64.6 Å². The average Bonchev–Trinajstić information content (AvgIpc) is 2.83. The molecule has 1 saturated heterocycles. The van der Waals surface area contributed by atoms with Crippen LogP contribution in [0.2, 0.25) is 5.02 Å². The quantitative estimate of drug-likeness (QED) is 0.385. The highest BCUT2D eigenvalue weighted by Gasteiger charge is 2.44. The Hall–Kier alpha value is -1.51. The minimum absolute atomic E-state index is 0.00646. The molecule has 9 heteroatoms. The van der Waals surface area contributed by atoms with Crippen molar-refractivity contribution in [1.29, 1.82) is 0 Å². The molecular weight excluding hydrogens is 479 g/mol. The number of hydrogen-bond acceptors (Lipinski definition) is 3. The maximum absolute atomic E-state index is 13.2. The maximum atomic E-state index is 13.2. The van der Waals surface area contributed by atoms with Crippen LogP contribution in [-0.4, -0.2) is 54.9 Å². The number of benzene rings is 1. The highest BCUT2D eigenvalue weighted by Crippen LogP contribution is 2.42. The van der Waals surface area contributed by atoms with Gasteiger partial charge in [-0.05, 0) is 56.3 Å². The number of halogens is 4. The zero-order valence-electron chi connectivity index (χ0n) is 20.5. The van der Waals surface area contributed by atoms with E-state index in [1.165, 1.54) is 38.2 Å². The van der Waals surface area contributed by atoms with E-state index in [0.717, 1.165) is 6.42 Å². The van der Waals surface area contributed by atoms with Gasteiger partial charge < -0.3 is 20.6 Å². The molecule has 1 saturated carbocycles. The van der Waals surface area contributed by atoms with E-state index in [2.05, 4.69) is 10.6 Å². The number of likely N-dealkylation sites (N-methyl/N-ethyl adjacent to an activating group) is 1. The number of rotatable bonds is 9. The molecule has 0 bridgehead atoms. The Morgan fingerprint density at radius 2 is 1.91 bits per heavy atom. The zero-order valence-corrected chi connectivity index (χ0v) is 21.3. The fourth-order valence-corrected chi connectivity index (χ4v) is 5.95. The van der Waals surface area contributed by atoms with E-state index in [0.29, 0.717) is 42.4 Å². The summed E-state index contributed by atoms with van der Waals surface area (Å²) in [5.74, 6) is 0.0794. The minimum Gasteiger partial charge on any atom is -0.385 e. The van der Waals surface area contributed by atoms with Gasteiger partial charge in [0.2, 0.25) is 0 Å². The summed E-state index contributed by atoms with van der Waals surface area (Å²) in [6, 6.07) is 6.20. The monoisotopic (exact) mass is 517 g/mol. The minimum atomic E-state index is -4.39. The summed E-state index contributed by atoms with van der Waals surface area (Å²) in [6.45, 7) is 1.38. The molecule has 2 fully saturated rings. The highest BCUT2D eigenvalue weighted by atomic mass is 35.5. The molecule has 1 aromatic rings. The third-order valence-corrected chi connectivity index (χ3v) is 7.85. The number of carbonyl (C=O) groups is 1. The number of hydrogen-bond donors (Lipinski definition) is 3. The first-order valence-corrected chi connectivity index (χ1v) is 13.2.